The van der Waals surface area contributed by atoms with Gasteiger partial charge in [0.05, 0.1) is 18.0 Å². The molecule has 1 aromatic rings. The number of carbonyl (C=O) groups is 2. The smallest absolute Gasteiger partial charge is 0.322 e. The summed E-state index contributed by atoms with van der Waals surface area (Å²) in [6.45, 7) is 3.57. The van der Waals surface area contributed by atoms with Gasteiger partial charge in [-0.2, -0.15) is 0 Å². The Morgan fingerprint density at radius 2 is 2.13 bits per heavy atom. The van der Waals surface area contributed by atoms with Crippen molar-refractivity contribution in [1.29, 1.82) is 0 Å². The molecule has 1 saturated heterocycles. The zero-order chi connectivity index (χ0) is 17.1. The van der Waals surface area contributed by atoms with E-state index >= 15 is 0 Å². The number of hydrogen-bond donors (Lipinski definition) is 5. The molecule has 1 fully saturated rings. The van der Waals surface area contributed by atoms with Crippen LogP contribution < -0.4 is 26.8 Å². The van der Waals surface area contributed by atoms with Crippen LogP contribution in [0.25, 0.3) is 0 Å². The molecule has 23 heavy (non-hydrogen) atoms. The predicted octanol–water partition coefficient (Wildman–Crippen LogP) is -0.426. The molecule has 8 nitrogen and oxygen atoms in total. The predicted molar refractivity (Wildman–Crippen MR) is 82.0 cm³/mol. The van der Waals surface area contributed by atoms with Crippen molar-refractivity contribution in [2.45, 2.75) is 32.2 Å². The molecule has 0 bridgehead atoms. The number of nitrogens with one attached hydrogen (secondary N) is 3. The Labute approximate surface area is 132 Å². The van der Waals surface area contributed by atoms with Crippen LogP contribution >= 0.6 is 0 Å². The molecule has 2 rings (SSSR count). The Balaban J connectivity index is 2.14. The lowest BCUT2D eigenvalue weighted by Gasteiger charge is -2.23. The first-order valence-electron chi connectivity index (χ1n) is 7.16. The van der Waals surface area contributed by atoms with Gasteiger partial charge in [0.1, 0.15) is 11.9 Å². The molecule has 1 aliphatic rings. The Hall–Kier alpha value is -2.23. The molecule has 6 N–H and O–H groups in total. The quantitative estimate of drug-likeness (QED) is 0.498. The van der Waals surface area contributed by atoms with E-state index in [1.807, 2.05) is 13.8 Å². The summed E-state index contributed by atoms with van der Waals surface area (Å²) in [4.78, 5) is 22.7. The van der Waals surface area contributed by atoms with Crippen molar-refractivity contribution in [1.82, 2.24) is 16.1 Å². The zero-order valence-electron chi connectivity index (χ0n) is 12.8. The Bertz CT molecular complexity index is 612. The van der Waals surface area contributed by atoms with E-state index in [-0.39, 0.29) is 24.4 Å². The van der Waals surface area contributed by atoms with E-state index in [2.05, 4.69) is 16.1 Å². The van der Waals surface area contributed by atoms with Gasteiger partial charge in [-0.15, -0.1) is 0 Å². The molecule has 0 spiro atoms. The molecule has 0 aromatic heterocycles. The zero-order valence-corrected chi connectivity index (χ0v) is 12.8. The van der Waals surface area contributed by atoms with Crippen LogP contribution in [0.3, 0.4) is 0 Å². The number of carbonyl (C=O) groups excluding carboxylic acids is 1. The molecule has 9 heteroatoms. The molecule has 126 valence electrons. The van der Waals surface area contributed by atoms with Gasteiger partial charge >= 0.3 is 5.97 Å². The summed E-state index contributed by atoms with van der Waals surface area (Å²) in [6.07, 6.45) is -0.0674. The highest BCUT2D eigenvalue weighted by atomic mass is 19.1. The minimum atomic E-state index is -1.22. The molecule has 0 saturated carbocycles. The first-order chi connectivity index (χ1) is 10.8. The summed E-state index contributed by atoms with van der Waals surface area (Å²) in [6, 6.07) is 2.71. The molecule has 1 aliphatic heterocycles. The number of hydrazine groups is 1. The average molecular weight is 325 g/mol. The summed E-state index contributed by atoms with van der Waals surface area (Å²) in [5, 5.41) is 16.0. The van der Waals surface area contributed by atoms with Crippen LogP contribution in [0, 0.1) is 5.82 Å². The fraction of sp³-hybridized carbons (Fsp3) is 0.429. The van der Waals surface area contributed by atoms with E-state index in [1.165, 1.54) is 12.1 Å². The van der Waals surface area contributed by atoms with E-state index in [1.54, 1.807) is 5.01 Å². The minimum absolute atomic E-state index is 0.0131. The number of nitrogens with zero attached hydrogens (tertiary/aromatic N) is 1. The molecule has 3 atom stereocenters. The molecule has 0 aliphatic carbocycles. The number of carboxylic acid groups (broad SMARTS) is 1. The van der Waals surface area contributed by atoms with Gasteiger partial charge in [-0.25, -0.2) is 9.82 Å². The van der Waals surface area contributed by atoms with Gasteiger partial charge in [-0.1, -0.05) is 0 Å². The van der Waals surface area contributed by atoms with Crippen LogP contribution in [-0.2, 0) is 4.79 Å². The SMILES string of the molecule is CC1NC(C)N(c2cc(F)cc(C(=O)NC[C@@H](N)C(=O)O)c2)N1. The molecule has 1 heterocycles. The molecular formula is C14H20FN5O3. The highest BCUT2D eigenvalue weighted by molar-refractivity contribution is 5.95. The Kier molecular flexibility index (Phi) is 5.14. The van der Waals surface area contributed by atoms with Crippen molar-refractivity contribution >= 4 is 17.6 Å². The number of aliphatic carboxylic acids is 1. The highest BCUT2D eigenvalue weighted by Gasteiger charge is 2.26. The van der Waals surface area contributed by atoms with E-state index in [0.29, 0.717) is 5.69 Å². The van der Waals surface area contributed by atoms with Gasteiger partial charge in [0.15, 0.2) is 0 Å². The fourth-order valence-corrected chi connectivity index (χ4v) is 2.33. The summed E-state index contributed by atoms with van der Waals surface area (Å²) in [5.74, 6) is -2.38. The maximum Gasteiger partial charge on any atom is 0.322 e. The molecule has 1 aromatic carbocycles. The normalized spacial score (nSPS) is 22.0. The molecular weight excluding hydrogens is 305 g/mol. The van der Waals surface area contributed by atoms with Gasteiger partial charge in [0, 0.05) is 12.1 Å². The fourth-order valence-electron chi connectivity index (χ4n) is 2.33. The largest absolute Gasteiger partial charge is 0.480 e. The first kappa shape index (κ1) is 17.1. The summed E-state index contributed by atoms with van der Waals surface area (Å²) < 4.78 is 13.8. The van der Waals surface area contributed by atoms with E-state index in [0.717, 1.165) is 6.07 Å². The standard InChI is InChI=1S/C14H20FN5O3/c1-7-18-8(2)20(19-7)11-4-9(3-10(15)5-11)13(21)17-6-12(16)14(22)23/h3-5,7-8,12,18-19H,6,16H2,1-2H3,(H,17,21)(H,22,23)/t7?,8?,12-/m1/s1. The number of carboxylic acids is 1. The molecule has 0 radical (unpaired) electrons. The summed E-state index contributed by atoms with van der Waals surface area (Å²) in [7, 11) is 0. The second kappa shape index (κ2) is 6.90. The van der Waals surface area contributed by atoms with Crippen molar-refractivity contribution < 1.29 is 19.1 Å². The number of anilines is 1. The lowest BCUT2D eigenvalue weighted by Crippen LogP contribution is -2.42. The van der Waals surface area contributed by atoms with Crippen LogP contribution in [0.1, 0.15) is 24.2 Å². The van der Waals surface area contributed by atoms with Gasteiger partial charge < -0.3 is 16.2 Å². The second-order valence-corrected chi connectivity index (χ2v) is 5.42. The average Bonchev–Trinajstić information content (AvgIpc) is 2.82. The van der Waals surface area contributed by atoms with Gasteiger partial charge in [-0.3, -0.25) is 19.9 Å². The Morgan fingerprint density at radius 3 is 2.70 bits per heavy atom. The van der Waals surface area contributed by atoms with Gasteiger partial charge in [-0.05, 0) is 32.0 Å². The lowest BCUT2D eigenvalue weighted by molar-refractivity contribution is -0.138. The number of rotatable bonds is 5. The monoisotopic (exact) mass is 325 g/mol. The maximum absolute atomic E-state index is 13.8. The third-order valence-electron chi connectivity index (χ3n) is 3.43. The lowest BCUT2D eigenvalue weighted by atomic mass is 10.1. The third kappa shape index (κ3) is 4.15. The van der Waals surface area contributed by atoms with Crippen molar-refractivity contribution in [2.24, 2.45) is 5.73 Å². The van der Waals surface area contributed by atoms with Gasteiger partial charge in [0.25, 0.3) is 5.91 Å². The number of halogens is 1. The minimum Gasteiger partial charge on any atom is -0.480 e. The van der Waals surface area contributed by atoms with Crippen LogP contribution in [-0.4, -0.2) is 41.9 Å². The van der Waals surface area contributed by atoms with Crippen molar-refractivity contribution in [3.05, 3.63) is 29.6 Å². The molecule has 2 unspecified atom stereocenters. The number of amides is 1. The molecule has 1 amide bonds. The third-order valence-corrected chi connectivity index (χ3v) is 3.43. The number of benzene rings is 1. The Morgan fingerprint density at radius 1 is 1.43 bits per heavy atom. The summed E-state index contributed by atoms with van der Waals surface area (Å²) >= 11 is 0. The maximum atomic E-state index is 13.8. The van der Waals surface area contributed by atoms with Crippen LogP contribution in [0.5, 0.6) is 0 Å². The second-order valence-electron chi connectivity index (χ2n) is 5.42. The number of nitrogens with two attached hydrogens (primary N) is 1. The van der Waals surface area contributed by atoms with Gasteiger partial charge in [0.2, 0.25) is 0 Å². The van der Waals surface area contributed by atoms with E-state index < -0.39 is 23.7 Å². The topological polar surface area (TPSA) is 120 Å². The summed E-state index contributed by atoms with van der Waals surface area (Å²) in [5.41, 5.74) is 9.00. The van der Waals surface area contributed by atoms with E-state index in [4.69, 9.17) is 10.8 Å². The van der Waals surface area contributed by atoms with Crippen LogP contribution in [0.15, 0.2) is 18.2 Å². The van der Waals surface area contributed by atoms with Crippen molar-refractivity contribution in [3.8, 4) is 0 Å². The number of hydrogen-bond acceptors (Lipinski definition) is 6. The van der Waals surface area contributed by atoms with Crippen LogP contribution in [0.4, 0.5) is 10.1 Å². The first-order valence-corrected chi connectivity index (χ1v) is 7.16. The van der Waals surface area contributed by atoms with Crippen molar-refractivity contribution in [3.63, 3.8) is 0 Å². The highest BCUT2D eigenvalue weighted by Crippen LogP contribution is 2.21. The van der Waals surface area contributed by atoms with E-state index in [9.17, 15) is 14.0 Å². The van der Waals surface area contributed by atoms with Crippen molar-refractivity contribution in [2.75, 3.05) is 11.6 Å². The van der Waals surface area contributed by atoms with Crippen LogP contribution in [0.2, 0.25) is 0 Å².